The van der Waals surface area contributed by atoms with Gasteiger partial charge in [0, 0.05) is 41.6 Å². The molecule has 290 valence electrons. The lowest BCUT2D eigenvalue weighted by Gasteiger charge is -2.33. The molecule has 6 N–H and O–H groups in total. The fourth-order valence-electron chi connectivity index (χ4n) is 6.69. The van der Waals surface area contributed by atoms with E-state index < -0.39 is 36.0 Å². The standard InChI is InChI=1S/C42H41N3O11/c1-23-39(42(54)55-23)45-40(51)33(17-9-24-6-10-26(46)11-7-24)44-36(49)5-3-2-4-18-43-37(50)20-25-8-14-29(32(19-25)41(52)53)38-30-15-12-27(47)21-34(30)56-35-22-28(48)13-16-31(35)38/h6-8,10-16,19,21-23,33,39,46-47H,2-5,9,17-18,20H2,1H3,(H,43,50)(H,44,49)(H,45,51)(H,52,53)/t23-,33+,39+/m1/s1. The van der Waals surface area contributed by atoms with Crippen molar-refractivity contribution in [2.75, 3.05) is 6.54 Å². The molecule has 0 spiro atoms. The number of cyclic esters (lactones) is 1. The summed E-state index contributed by atoms with van der Waals surface area (Å²) in [6.07, 6.45) is 1.99. The van der Waals surface area contributed by atoms with Crippen LogP contribution in [0.15, 0.2) is 88.1 Å². The van der Waals surface area contributed by atoms with Crippen molar-refractivity contribution >= 4 is 40.6 Å². The summed E-state index contributed by atoms with van der Waals surface area (Å²) in [5.74, 6) is -2.60. The number of amides is 3. The first-order valence-electron chi connectivity index (χ1n) is 18.3. The molecule has 14 heteroatoms. The van der Waals surface area contributed by atoms with Crippen molar-refractivity contribution in [2.24, 2.45) is 0 Å². The molecule has 14 nitrogen and oxygen atoms in total. The number of nitrogens with one attached hydrogen (secondary N) is 3. The van der Waals surface area contributed by atoms with E-state index in [1.165, 1.54) is 42.5 Å². The number of benzene rings is 4. The van der Waals surface area contributed by atoms with Gasteiger partial charge in [0.05, 0.1) is 12.0 Å². The first-order chi connectivity index (χ1) is 26.9. The number of phenols is 2. The highest BCUT2D eigenvalue weighted by Crippen LogP contribution is 2.42. The third-order valence-corrected chi connectivity index (χ3v) is 9.66. The van der Waals surface area contributed by atoms with Crippen molar-refractivity contribution in [3.05, 3.63) is 106 Å². The van der Waals surface area contributed by atoms with Crippen LogP contribution in [0.1, 0.15) is 60.5 Å². The molecule has 2 aliphatic heterocycles. The van der Waals surface area contributed by atoms with Crippen molar-refractivity contribution in [3.63, 3.8) is 0 Å². The third kappa shape index (κ3) is 9.32. The normalized spacial score (nSPS) is 15.4. The number of hydrogen-bond donors (Lipinski definition) is 6. The smallest absolute Gasteiger partial charge is 0.336 e. The number of fused-ring (bicyclic) bond motifs is 2. The molecule has 0 bridgehead atoms. The van der Waals surface area contributed by atoms with Gasteiger partial charge in [0.1, 0.15) is 35.0 Å². The van der Waals surface area contributed by atoms with Gasteiger partial charge in [0.15, 0.2) is 11.5 Å². The summed E-state index contributed by atoms with van der Waals surface area (Å²) >= 11 is 0. The highest BCUT2D eigenvalue weighted by atomic mass is 16.6. The average molecular weight is 764 g/mol. The monoisotopic (exact) mass is 763 g/mol. The van der Waals surface area contributed by atoms with Crippen LogP contribution in [0.3, 0.4) is 0 Å². The van der Waals surface area contributed by atoms with Crippen molar-refractivity contribution in [1.29, 1.82) is 0 Å². The molecule has 3 aromatic carbocycles. The minimum absolute atomic E-state index is 0.0539. The number of hydrogen-bond acceptors (Lipinski definition) is 10. The van der Waals surface area contributed by atoms with Crippen molar-refractivity contribution in [3.8, 4) is 33.9 Å². The van der Waals surface area contributed by atoms with Gasteiger partial charge in [-0.1, -0.05) is 30.7 Å². The maximum Gasteiger partial charge on any atom is 0.336 e. The second-order valence-electron chi connectivity index (χ2n) is 13.8. The van der Waals surface area contributed by atoms with Crippen LogP contribution in [0.2, 0.25) is 0 Å². The zero-order valence-electron chi connectivity index (χ0n) is 30.5. The number of carboxylic acids is 1. The molecule has 3 atom stereocenters. The number of aromatic hydroxyl groups is 2. The first kappa shape index (κ1) is 39.0. The topological polar surface area (TPSA) is 222 Å². The predicted molar refractivity (Wildman–Crippen MR) is 204 cm³/mol. The minimum atomic E-state index is -1.21. The first-order valence-corrected chi connectivity index (χ1v) is 18.3. The molecule has 3 aliphatic rings. The summed E-state index contributed by atoms with van der Waals surface area (Å²) in [6.45, 7) is 2.00. The molecule has 0 aromatic heterocycles. The molecule has 0 radical (unpaired) electrons. The molecule has 1 saturated heterocycles. The summed E-state index contributed by atoms with van der Waals surface area (Å²) in [5, 5.41) is 38.6. The van der Waals surface area contributed by atoms with Gasteiger partial charge in [0.25, 0.3) is 0 Å². The Morgan fingerprint density at radius 3 is 2.27 bits per heavy atom. The van der Waals surface area contributed by atoms with E-state index >= 15 is 0 Å². The van der Waals surface area contributed by atoms with Crippen LogP contribution in [0, 0.1) is 0 Å². The van der Waals surface area contributed by atoms with E-state index in [-0.39, 0.29) is 64.9 Å². The largest absolute Gasteiger partial charge is 0.508 e. The number of phenolic OH excluding ortho intramolecular Hbond substituents is 2. The average Bonchev–Trinajstić information content (AvgIpc) is 3.16. The summed E-state index contributed by atoms with van der Waals surface area (Å²) in [6, 6.07) is 18.3. The Hall–Kier alpha value is -6.70. The van der Waals surface area contributed by atoms with E-state index in [9.17, 15) is 44.1 Å². The Labute approximate surface area is 320 Å². The Balaban J connectivity index is 1.01. The molecule has 3 amide bonds. The van der Waals surface area contributed by atoms with Gasteiger partial charge >= 0.3 is 11.9 Å². The Bertz CT molecular complexity index is 2320. The van der Waals surface area contributed by atoms with Gasteiger partial charge in [-0.15, -0.1) is 0 Å². The molecule has 2 heterocycles. The fraction of sp³-hybridized carbons (Fsp3) is 0.286. The number of unbranched alkanes of at least 4 members (excludes halogenated alkanes) is 2. The zero-order valence-corrected chi connectivity index (χ0v) is 30.5. The van der Waals surface area contributed by atoms with Crippen LogP contribution < -0.4 is 21.4 Å². The molecule has 0 unspecified atom stereocenters. The van der Waals surface area contributed by atoms with Crippen LogP contribution >= 0.6 is 0 Å². The number of esters is 1. The van der Waals surface area contributed by atoms with Crippen LogP contribution in [0.25, 0.3) is 33.4 Å². The minimum Gasteiger partial charge on any atom is -0.508 e. The second kappa shape index (κ2) is 17.2. The maximum absolute atomic E-state index is 13.0. The lowest BCUT2D eigenvalue weighted by Crippen LogP contribution is -2.61. The molecule has 6 rings (SSSR count). The molecule has 1 aliphatic carbocycles. The van der Waals surface area contributed by atoms with Crippen molar-refractivity contribution in [1.82, 2.24) is 16.0 Å². The molecular weight excluding hydrogens is 722 g/mol. The highest BCUT2D eigenvalue weighted by molar-refractivity contribution is 6.07. The summed E-state index contributed by atoms with van der Waals surface area (Å²) in [7, 11) is 0. The molecule has 1 fully saturated rings. The number of carbonyl (C=O) groups is 5. The molecule has 56 heavy (non-hydrogen) atoms. The van der Waals surface area contributed by atoms with E-state index in [1.54, 1.807) is 43.3 Å². The molecular formula is C42H41N3O11. The lowest BCUT2D eigenvalue weighted by atomic mass is 9.89. The van der Waals surface area contributed by atoms with Gasteiger partial charge in [0.2, 0.25) is 17.7 Å². The van der Waals surface area contributed by atoms with Crippen LogP contribution in [-0.4, -0.2) is 69.7 Å². The van der Waals surface area contributed by atoms with Gasteiger partial charge < -0.3 is 40.4 Å². The summed E-state index contributed by atoms with van der Waals surface area (Å²) in [4.78, 5) is 75.1. The Morgan fingerprint density at radius 2 is 1.54 bits per heavy atom. The number of carbonyl (C=O) groups excluding carboxylic acids is 4. The van der Waals surface area contributed by atoms with E-state index in [2.05, 4.69) is 16.0 Å². The van der Waals surface area contributed by atoms with E-state index in [1.807, 2.05) is 0 Å². The van der Waals surface area contributed by atoms with Crippen LogP contribution in [0.5, 0.6) is 11.5 Å². The highest BCUT2D eigenvalue weighted by Gasteiger charge is 2.41. The van der Waals surface area contributed by atoms with Gasteiger partial charge in [-0.25, -0.2) is 9.59 Å². The maximum atomic E-state index is 13.0. The van der Waals surface area contributed by atoms with Gasteiger partial charge in [-0.2, -0.15) is 0 Å². The number of rotatable bonds is 16. The number of carboxylic acid groups (broad SMARTS) is 1. The number of aromatic carboxylic acids is 1. The Morgan fingerprint density at radius 1 is 0.804 bits per heavy atom. The predicted octanol–water partition coefficient (Wildman–Crippen LogP) is 4.44. The van der Waals surface area contributed by atoms with Gasteiger partial charge in [-0.05, 0) is 91.8 Å². The Kier molecular flexibility index (Phi) is 12.0. The second-order valence-corrected chi connectivity index (χ2v) is 13.8. The zero-order chi connectivity index (χ0) is 39.9. The van der Waals surface area contributed by atoms with Crippen LogP contribution in [0.4, 0.5) is 0 Å². The summed E-state index contributed by atoms with van der Waals surface area (Å²) in [5.41, 5.74) is 2.62. The number of aryl methyl sites for hydroxylation is 1. The lowest BCUT2D eigenvalue weighted by molar-refractivity contribution is -0.176. The van der Waals surface area contributed by atoms with E-state index in [0.29, 0.717) is 59.9 Å². The van der Waals surface area contributed by atoms with Crippen molar-refractivity contribution in [2.45, 2.75) is 70.1 Å². The van der Waals surface area contributed by atoms with Gasteiger partial charge in [-0.3, -0.25) is 19.2 Å². The SMILES string of the molecule is C[C@H]1OC(=O)[C@H]1NC(=O)[C@H](CCc1ccc(O)cc1)NC(=O)CCCCCNC(=O)Cc1ccc(-c2c3ccc(=O)cc-3oc3cc(O)ccc23)c(C(=O)O)c1. The summed E-state index contributed by atoms with van der Waals surface area (Å²) < 4.78 is 10.8. The molecule has 3 aromatic rings. The number of ether oxygens (including phenoxy) is 1. The van der Waals surface area contributed by atoms with Crippen LogP contribution in [-0.2, 0) is 36.8 Å². The molecule has 0 saturated carbocycles. The van der Waals surface area contributed by atoms with E-state index in [0.717, 1.165) is 5.56 Å². The fourth-order valence-corrected chi connectivity index (χ4v) is 6.69. The quantitative estimate of drug-likeness (QED) is 0.0469. The third-order valence-electron chi connectivity index (χ3n) is 9.66. The van der Waals surface area contributed by atoms with E-state index in [4.69, 9.17) is 9.15 Å². The van der Waals surface area contributed by atoms with Crippen molar-refractivity contribution < 1.29 is 48.4 Å².